The number of alkyl halides is 2. The summed E-state index contributed by atoms with van der Waals surface area (Å²) in [7, 11) is 0. The Bertz CT molecular complexity index is 2000. The van der Waals surface area contributed by atoms with Crippen molar-refractivity contribution in [2.75, 3.05) is 26.2 Å². The Morgan fingerprint density at radius 2 is 1.80 bits per heavy atom. The second-order valence-electron chi connectivity index (χ2n) is 9.96. The fourth-order valence-corrected chi connectivity index (χ4v) is 5.17. The summed E-state index contributed by atoms with van der Waals surface area (Å²) in [4.78, 5) is 40.1. The van der Waals surface area contributed by atoms with Crippen LogP contribution in [0.1, 0.15) is 34.5 Å². The van der Waals surface area contributed by atoms with Crippen molar-refractivity contribution >= 4 is 17.0 Å². The van der Waals surface area contributed by atoms with Gasteiger partial charge >= 0.3 is 12.3 Å². The van der Waals surface area contributed by atoms with E-state index in [0.29, 0.717) is 54.3 Å². The number of aromatic nitrogens is 8. The Kier molecular flexibility index (Phi) is 6.94. The molecule has 0 aliphatic carbocycles. The van der Waals surface area contributed by atoms with Gasteiger partial charge < -0.3 is 9.32 Å². The Morgan fingerprint density at radius 3 is 2.52 bits per heavy atom. The lowest BCUT2D eigenvalue weighted by molar-refractivity contribution is 0.0385. The summed E-state index contributed by atoms with van der Waals surface area (Å²) in [6, 6.07) is 17.3. The fraction of sp³-hybridized carbons (Fsp3) is 0.214. The van der Waals surface area contributed by atoms with Crippen LogP contribution in [0.3, 0.4) is 0 Å². The third kappa shape index (κ3) is 5.22. The molecule has 14 nitrogen and oxygen atoms in total. The van der Waals surface area contributed by atoms with Crippen molar-refractivity contribution < 1.29 is 22.5 Å². The maximum Gasteiger partial charge on any atom is 0.439 e. The van der Waals surface area contributed by atoms with Gasteiger partial charge in [0.1, 0.15) is 11.2 Å². The molecule has 1 unspecified atom stereocenters. The number of piperazine rings is 1. The summed E-state index contributed by atoms with van der Waals surface area (Å²) >= 11 is 0. The second kappa shape index (κ2) is 11.2. The van der Waals surface area contributed by atoms with E-state index in [1.54, 1.807) is 35.2 Å². The van der Waals surface area contributed by atoms with Crippen LogP contribution in [-0.2, 0) is 0 Å². The van der Waals surface area contributed by atoms with Crippen molar-refractivity contribution in [1.29, 1.82) is 0 Å². The number of hydrogen-bond acceptors (Lipinski definition) is 11. The Hall–Kier alpha value is -5.64. The van der Waals surface area contributed by atoms with Crippen molar-refractivity contribution in [3.05, 3.63) is 94.5 Å². The summed E-state index contributed by atoms with van der Waals surface area (Å²) in [5.41, 5.74) is 3.24. The molecule has 5 heterocycles. The lowest BCUT2D eigenvalue weighted by Gasteiger charge is -2.38. The number of nitrogens with one attached hydrogen (secondary N) is 1. The molecule has 6 aromatic rings. The van der Waals surface area contributed by atoms with Gasteiger partial charge in [0.25, 0.3) is 5.91 Å². The number of hydrogen-bond donors (Lipinski definition) is 1. The molecule has 222 valence electrons. The maximum absolute atomic E-state index is 13.5. The topological polar surface area (TPSA) is 165 Å². The van der Waals surface area contributed by atoms with Crippen molar-refractivity contribution in [2.45, 2.75) is 12.6 Å². The van der Waals surface area contributed by atoms with Crippen molar-refractivity contribution in [3.8, 4) is 22.8 Å². The van der Waals surface area contributed by atoms with Crippen LogP contribution in [0, 0.1) is 0 Å². The van der Waals surface area contributed by atoms with Crippen LogP contribution < -0.4 is 5.76 Å². The van der Waals surface area contributed by atoms with Gasteiger partial charge in [-0.2, -0.15) is 8.78 Å². The third-order valence-electron chi connectivity index (χ3n) is 7.27. The number of tetrazole rings is 1. The highest BCUT2D eigenvalue weighted by Crippen LogP contribution is 2.29. The van der Waals surface area contributed by atoms with Crippen LogP contribution in [0.15, 0.2) is 80.6 Å². The molecule has 7 rings (SSSR count). The smallest absolute Gasteiger partial charge is 0.436 e. The molecule has 1 N–H and O–H groups in total. The van der Waals surface area contributed by atoms with Crippen molar-refractivity contribution in [1.82, 2.24) is 50.1 Å². The summed E-state index contributed by atoms with van der Waals surface area (Å²) < 4.78 is 36.8. The van der Waals surface area contributed by atoms with Crippen molar-refractivity contribution in [2.24, 2.45) is 0 Å². The van der Waals surface area contributed by atoms with E-state index < -0.39 is 18.3 Å². The molecule has 1 atom stereocenters. The van der Waals surface area contributed by atoms with Crippen LogP contribution in [0.25, 0.3) is 33.9 Å². The van der Waals surface area contributed by atoms with Gasteiger partial charge in [-0.3, -0.25) is 24.2 Å². The number of benzene rings is 2. The highest BCUT2D eigenvalue weighted by atomic mass is 19.3. The molecule has 1 aliphatic heterocycles. The first-order valence-electron chi connectivity index (χ1n) is 13.5. The number of carbonyl (C=O) groups is 1. The lowest BCUT2D eigenvalue weighted by Crippen LogP contribution is -2.50. The fourth-order valence-electron chi connectivity index (χ4n) is 5.17. The van der Waals surface area contributed by atoms with Crippen LogP contribution in [0.4, 0.5) is 8.78 Å². The molecule has 0 spiro atoms. The number of rotatable bonds is 7. The normalized spacial score (nSPS) is 14.8. The number of amides is 1. The van der Waals surface area contributed by atoms with E-state index in [2.05, 4.69) is 40.0 Å². The summed E-state index contributed by atoms with van der Waals surface area (Å²) in [6.07, 6.45) is 1.52. The van der Waals surface area contributed by atoms with Gasteiger partial charge in [0.2, 0.25) is 5.89 Å². The van der Waals surface area contributed by atoms with E-state index in [9.17, 15) is 18.4 Å². The Morgan fingerprint density at radius 1 is 0.977 bits per heavy atom. The molecule has 4 aromatic heterocycles. The second-order valence-corrected chi connectivity index (χ2v) is 9.96. The van der Waals surface area contributed by atoms with Gasteiger partial charge in [0, 0.05) is 43.5 Å². The quantitative estimate of drug-likeness (QED) is 0.286. The zero-order valence-corrected chi connectivity index (χ0v) is 22.7. The third-order valence-corrected chi connectivity index (χ3v) is 7.27. The first kappa shape index (κ1) is 27.2. The molecule has 1 aliphatic rings. The van der Waals surface area contributed by atoms with Gasteiger partial charge in [-0.1, -0.05) is 40.3 Å². The van der Waals surface area contributed by atoms with E-state index in [1.807, 2.05) is 35.2 Å². The predicted octanol–water partition coefficient (Wildman–Crippen LogP) is 3.16. The summed E-state index contributed by atoms with van der Waals surface area (Å²) in [5, 5.41) is 15.0. The number of halogens is 2. The minimum Gasteiger partial charge on any atom is -0.436 e. The molecule has 0 radical (unpaired) electrons. The highest BCUT2D eigenvalue weighted by Gasteiger charge is 2.32. The van der Waals surface area contributed by atoms with Gasteiger partial charge in [-0.25, -0.2) is 9.78 Å². The molecule has 16 heteroatoms. The van der Waals surface area contributed by atoms with E-state index in [0.717, 1.165) is 5.56 Å². The number of oxazole rings is 1. The van der Waals surface area contributed by atoms with E-state index in [1.165, 1.54) is 6.20 Å². The molecular formula is C28H22F2N10O4. The first-order valence-corrected chi connectivity index (χ1v) is 13.5. The standard InChI is InChI=1S/C28H22F2N10O4/c29-27(30)40-35-24(34-37-40)22(16-4-2-1-3-5-16)38-10-12-39(13-11-38)26(41)20-15-18(8-9-31-20)25-32-19-14-17(6-7-21(19)43-25)23-33-28(42)44-36-23/h1-9,14-15,22,27H,10-13H2,(H,33,36,42). The number of H-pyrrole nitrogens is 1. The molecule has 1 saturated heterocycles. The van der Waals surface area contributed by atoms with Crippen LogP contribution in [0.5, 0.6) is 0 Å². The minimum atomic E-state index is -2.90. The molecule has 0 bridgehead atoms. The van der Waals surface area contributed by atoms with Gasteiger partial charge in [-0.05, 0) is 41.1 Å². The maximum atomic E-state index is 13.5. The molecule has 0 saturated carbocycles. The van der Waals surface area contributed by atoms with E-state index >= 15 is 0 Å². The van der Waals surface area contributed by atoms with E-state index in [-0.39, 0.29) is 28.0 Å². The zero-order chi connectivity index (χ0) is 30.2. The monoisotopic (exact) mass is 600 g/mol. The number of aromatic amines is 1. The number of pyridine rings is 1. The number of fused-ring (bicyclic) bond motifs is 1. The van der Waals surface area contributed by atoms with Gasteiger partial charge in [0.15, 0.2) is 17.2 Å². The van der Waals surface area contributed by atoms with Crippen LogP contribution >= 0.6 is 0 Å². The van der Waals surface area contributed by atoms with Crippen LogP contribution in [-0.4, -0.2) is 82.2 Å². The molecule has 1 amide bonds. The largest absolute Gasteiger partial charge is 0.439 e. The molecular weight excluding hydrogens is 578 g/mol. The molecule has 1 fully saturated rings. The van der Waals surface area contributed by atoms with Gasteiger partial charge in [0.05, 0.1) is 6.04 Å². The zero-order valence-electron chi connectivity index (χ0n) is 22.7. The van der Waals surface area contributed by atoms with Crippen LogP contribution in [0.2, 0.25) is 0 Å². The average molecular weight is 601 g/mol. The van der Waals surface area contributed by atoms with E-state index in [4.69, 9.17) is 4.42 Å². The number of nitrogens with zero attached hydrogens (tertiary/aromatic N) is 9. The number of carbonyl (C=O) groups excluding carboxylic acids is 1. The van der Waals surface area contributed by atoms with Crippen molar-refractivity contribution in [3.63, 3.8) is 0 Å². The Labute approximate surface area is 245 Å². The lowest BCUT2D eigenvalue weighted by atomic mass is 10.0. The average Bonchev–Trinajstić information content (AvgIpc) is 3.82. The molecule has 2 aromatic carbocycles. The summed E-state index contributed by atoms with van der Waals surface area (Å²) in [6.45, 7) is -1.28. The molecule has 44 heavy (non-hydrogen) atoms. The Balaban J connectivity index is 1.08. The summed E-state index contributed by atoms with van der Waals surface area (Å²) in [5.74, 6) is -0.210. The first-order chi connectivity index (χ1) is 21.4. The predicted molar refractivity (Wildman–Crippen MR) is 148 cm³/mol. The minimum absolute atomic E-state index is 0.158. The van der Waals surface area contributed by atoms with Gasteiger partial charge in [-0.15, -0.1) is 10.2 Å². The SMILES string of the molecule is O=C(c1cc(-c2nc3cc(-c4noc(=O)[nH]4)ccc3o2)ccn1)N1CCN(C(c2ccccc2)c2nnn(C(F)F)n2)CC1. The highest BCUT2D eigenvalue weighted by molar-refractivity contribution is 5.93.